The van der Waals surface area contributed by atoms with Crippen molar-refractivity contribution in [1.82, 2.24) is 4.90 Å². The Hall–Kier alpha value is -3.02. The van der Waals surface area contributed by atoms with Gasteiger partial charge >= 0.3 is 0 Å². The molecule has 0 aliphatic carbocycles. The minimum Gasteiger partial charge on any atom is -0.492 e. The maximum atomic E-state index is 13.8. The number of fused-ring (bicyclic) bond motifs is 1. The Bertz CT molecular complexity index is 1300. The fourth-order valence-corrected chi connectivity index (χ4v) is 5.26. The largest absolute Gasteiger partial charge is 0.492 e. The van der Waals surface area contributed by atoms with Crippen molar-refractivity contribution < 1.29 is 13.5 Å². The van der Waals surface area contributed by atoms with Gasteiger partial charge in [-0.3, -0.25) is 14.3 Å². The molecule has 0 saturated carbocycles. The fourth-order valence-electron chi connectivity index (χ4n) is 4.98. The molecule has 186 valence electrons. The Kier molecular flexibility index (Phi) is 7.49. The van der Waals surface area contributed by atoms with Crippen LogP contribution in [0, 0.1) is 11.7 Å². The molecule has 3 aromatic carbocycles. The summed E-state index contributed by atoms with van der Waals surface area (Å²) in [5.41, 5.74) is 7.34. The van der Waals surface area contributed by atoms with E-state index in [4.69, 9.17) is 16.3 Å². The quantitative estimate of drug-likeness (QED) is 0.290. The minimum absolute atomic E-state index is 0.183. The number of benzene rings is 3. The Morgan fingerprint density at radius 3 is 2.56 bits per heavy atom. The van der Waals surface area contributed by atoms with Crippen LogP contribution in [0.4, 0.5) is 8.78 Å². The number of nitrogens with zero attached hydrogens (tertiary/aromatic N) is 2. The third kappa shape index (κ3) is 5.23. The molecule has 2 aliphatic heterocycles. The molecule has 3 aromatic rings. The van der Waals surface area contributed by atoms with Gasteiger partial charge in [-0.05, 0) is 75.7 Å². The van der Waals surface area contributed by atoms with Gasteiger partial charge in [0.15, 0.2) is 0 Å². The van der Waals surface area contributed by atoms with Crippen LogP contribution in [0.5, 0.6) is 5.75 Å². The Balaban J connectivity index is 1.46. The van der Waals surface area contributed by atoms with Crippen LogP contribution >= 0.6 is 11.6 Å². The summed E-state index contributed by atoms with van der Waals surface area (Å²) in [7, 11) is 0. The van der Waals surface area contributed by atoms with Gasteiger partial charge in [0.2, 0.25) is 0 Å². The second-order valence-corrected chi connectivity index (χ2v) is 9.77. The zero-order valence-electron chi connectivity index (χ0n) is 20.3. The molecule has 0 aromatic heterocycles. The molecule has 0 amide bonds. The molecule has 2 heterocycles. The molecular weight excluding hydrogens is 478 g/mol. The number of likely N-dealkylation sites (tertiary alicyclic amines) is 1. The smallest absolute Gasteiger partial charge is 0.124 e. The van der Waals surface area contributed by atoms with Crippen molar-refractivity contribution in [3.05, 3.63) is 99.3 Å². The van der Waals surface area contributed by atoms with Crippen molar-refractivity contribution >= 4 is 29.0 Å². The molecule has 36 heavy (non-hydrogen) atoms. The molecule has 2 aliphatic rings. The van der Waals surface area contributed by atoms with Gasteiger partial charge < -0.3 is 4.74 Å². The first-order valence-corrected chi connectivity index (χ1v) is 12.8. The van der Waals surface area contributed by atoms with Crippen molar-refractivity contribution in [2.75, 3.05) is 32.9 Å². The summed E-state index contributed by atoms with van der Waals surface area (Å²) in [4.78, 5) is 6.61. The van der Waals surface area contributed by atoms with Crippen LogP contribution in [0.1, 0.15) is 41.2 Å². The predicted molar refractivity (Wildman–Crippen MR) is 143 cm³/mol. The summed E-state index contributed by atoms with van der Waals surface area (Å²) in [6.45, 7) is 5.53. The number of rotatable bonds is 9. The number of aliphatic imine (C=N–C) groups is 1. The number of halogens is 3. The van der Waals surface area contributed by atoms with Gasteiger partial charge in [0, 0.05) is 31.8 Å². The predicted octanol–water partition coefficient (Wildman–Crippen LogP) is 7.06. The van der Waals surface area contributed by atoms with Crippen LogP contribution < -0.4 is 4.74 Å². The summed E-state index contributed by atoms with van der Waals surface area (Å²) < 4.78 is 32.4. The van der Waals surface area contributed by atoms with Gasteiger partial charge in [0.25, 0.3) is 0 Å². The van der Waals surface area contributed by atoms with Gasteiger partial charge in [0.1, 0.15) is 18.2 Å². The van der Waals surface area contributed by atoms with Gasteiger partial charge in [-0.1, -0.05) is 48.9 Å². The highest BCUT2D eigenvalue weighted by atomic mass is 35.5. The van der Waals surface area contributed by atoms with Crippen molar-refractivity contribution in [1.29, 1.82) is 0 Å². The van der Waals surface area contributed by atoms with Crippen molar-refractivity contribution in [2.45, 2.75) is 19.9 Å². The van der Waals surface area contributed by atoms with Gasteiger partial charge in [0.05, 0.1) is 18.2 Å². The molecule has 0 bridgehead atoms. The van der Waals surface area contributed by atoms with E-state index in [0.29, 0.717) is 18.2 Å². The number of ether oxygens (including phenoxy) is 1. The highest BCUT2D eigenvalue weighted by Gasteiger charge is 2.25. The first-order chi connectivity index (χ1) is 17.6. The lowest BCUT2D eigenvalue weighted by atomic mass is 9.87. The normalized spacial score (nSPS) is 16.0. The molecule has 0 unspecified atom stereocenters. The second-order valence-electron chi connectivity index (χ2n) is 9.37. The minimum atomic E-state index is -0.352. The molecule has 0 atom stereocenters. The third-order valence-electron chi connectivity index (χ3n) is 6.91. The van der Waals surface area contributed by atoms with Crippen molar-refractivity contribution in [2.24, 2.45) is 10.9 Å². The number of allylic oxidation sites excluding steroid dienone is 1. The van der Waals surface area contributed by atoms with Crippen LogP contribution in [0.25, 0.3) is 11.1 Å². The Morgan fingerprint density at radius 1 is 1.06 bits per heavy atom. The summed E-state index contributed by atoms with van der Waals surface area (Å²) in [5.74, 6) is 0.622. The highest BCUT2D eigenvalue weighted by Crippen LogP contribution is 2.38. The van der Waals surface area contributed by atoms with Crippen LogP contribution in [0.3, 0.4) is 0 Å². The average molecular weight is 507 g/mol. The molecule has 0 spiro atoms. The number of hydrogen-bond donors (Lipinski definition) is 0. The summed E-state index contributed by atoms with van der Waals surface area (Å²) >= 11 is 6.52. The second kappa shape index (κ2) is 10.9. The Labute approximate surface area is 216 Å². The van der Waals surface area contributed by atoms with E-state index in [2.05, 4.69) is 47.1 Å². The topological polar surface area (TPSA) is 24.8 Å². The first kappa shape index (κ1) is 24.7. The van der Waals surface area contributed by atoms with Gasteiger partial charge in [-0.15, -0.1) is 0 Å². The molecule has 1 saturated heterocycles. The molecule has 0 radical (unpaired) electrons. The van der Waals surface area contributed by atoms with E-state index in [-0.39, 0.29) is 18.4 Å². The number of hydrogen-bond acceptors (Lipinski definition) is 3. The van der Waals surface area contributed by atoms with Crippen molar-refractivity contribution in [3.63, 3.8) is 0 Å². The van der Waals surface area contributed by atoms with E-state index in [1.165, 1.54) is 17.7 Å². The van der Waals surface area contributed by atoms with E-state index in [1.54, 1.807) is 6.07 Å². The SMILES string of the molecule is CC/C(=C(/c1ccc(OCCN2CC(CF)C2)cc1)c1ccc2c(c1)C=NC2)c1ccc(F)cc1Cl. The monoisotopic (exact) mass is 506 g/mol. The van der Waals surface area contributed by atoms with E-state index < -0.39 is 0 Å². The number of alkyl halides is 1. The zero-order chi connectivity index (χ0) is 25.1. The van der Waals surface area contributed by atoms with Crippen LogP contribution in [-0.2, 0) is 6.54 Å². The van der Waals surface area contributed by atoms with E-state index in [1.807, 2.05) is 18.3 Å². The zero-order valence-corrected chi connectivity index (χ0v) is 21.1. The van der Waals surface area contributed by atoms with Crippen LogP contribution in [0.15, 0.2) is 65.7 Å². The molecule has 0 N–H and O–H groups in total. The maximum absolute atomic E-state index is 13.8. The summed E-state index contributed by atoms with van der Waals surface area (Å²) in [6.07, 6.45) is 2.64. The lowest BCUT2D eigenvalue weighted by Gasteiger charge is -2.37. The summed E-state index contributed by atoms with van der Waals surface area (Å²) in [5, 5.41) is 0.396. The van der Waals surface area contributed by atoms with E-state index >= 15 is 0 Å². The molecule has 3 nitrogen and oxygen atoms in total. The summed E-state index contributed by atoms with van der Waals surface area (Å²) in [6, 6.07) is 19.1. The molecule has 5 rings (SSSR count). The fraction of sp³-hybridized carbons (Fsp3) is 0.300. The lowest BCUT2D eigenvalue weighted by Crippen LogP contribution is -2.49. The molecular formula is C30H29ClF2N2O. The molecule has 6 heteroatoms. The maximum Gasteiger partial charge on any atom is 0.124 e. The lowest BCUT2D eigenvalue weighted by molar-refractivity contribution is 0.0668. The van der Waals surface area contributed by atoms with Crippen LogP contribution in [0.2, 0.25) is 5.02 Å². The van der Waals surface area contributed by atoms with Gasteiger partial charge in [-0.25, -0.2) is 4.39 Å². The Morgan fingerprint density at radius 2 is 1.83 bits per heavy atom. The van der Waals surface area contributed by atoms with Crippen molar-refractivity contribution in [3.8, 4) is 5.75 Å². The van der Waals surface area contributed by atoms with Crippen LogP contribution in [-0.4, -0.2) is 44.0 Å². The highest BCUT2D eigenvalue weighted by molar-refractivity contribution is 6.32. The van der Waals surface area contributed by atoms with E-state index in [9.17, 15) is 8.78 Å². The standard InChI is InChI=1S/C30H29ClF2N2O/c1-2-27(28-10-7-25(33)14-29(28)31)30(22-3-4-23-16-34-17-24(23)13-22)21-5-8-26(9-6-21)36-12-11-35-18-20(15-32)19-35/h3-10,13-14,17,20H,2,11-12,15-16,18-19H2,1H3/b30-27+. The third-order valence-corrected chi connectivity index (χ3v) is 7.22. The first-order valence-electron chi connectivity index (χ1n) is 12.4. The van der Waals surface area contributed by atoms with Gasteiger partial charge in [-0.2, -0.15) is 0 Å². The molecule has 1 fully saturated rings. The van der Waals surface area contributed by atoms with E-state index in [0.717, 1.165) is 65.2 Å². The average Bonchev–Trinajstić information content (AvgIpc) is 3.33.